The van der Waals surface area contributed by atoms with Crippen molar-refractivity contribution in [3.63, 3.8) is 0 Å². The molecule has 2 amide bonds. The van der Waals surface area contributed by atoms with Gasteiger partial charge in [-0.2, -0.15) is 0 Å². The molecule has 0 N–H and O–H groups in total. The number of benzene rings is 2. The van der Waals surface area contributed by atoms with Crippen LogP contribution in [0.1, 0.15) is 26.9 Å². The maximum absolute atomic E-state index is 14.0. The van der Waals surface area contributed by atoms with Gasteiger partial charge in [-0.25, -0.2) is 4.39 Å². The van der Waals surface area contributed by atoms with Crippen LogP contribution in [-0.2, 0) is 16.0 Å². The van der Waals surface area contributed by atoms with E-state index in [0.717, 1.165) is 15.6 Å². The molecule has 1 unspecified atom stereocenters. The Morgan fingerprint density at radius 2 is 1.90 bits per heavy atom. The molecule has 0 saturated carbocycles. The molecule has 156 valence electrons. The first kappa shape index (κ1) is 20.5. The summed E-state index contributed by atoms with van der Waals surface area (Å²) in [4.78, 5) is 29.6. The zero-order valence-corrected chi connectivity index (χ0v) is 17.7. The van der Waals surface area contributed by atoms with Crippen molar-refractivity contribution < 1.29 is 18.7 Å². The maximum atomic E-state index is 14.0. The van der Waals surface area contributed by atoms with E-state index in [-0.39, 0.29) is 24.1 Å². The van der Waals surface area contributed by atoms with Crippen molar-refractivity contribution >= 4 is 33.2 Å². The summed E-state index contributed by atoms with van der Waals surface area (Å²) in [5.74, 6) is -0.601. The van der Waals surface area contributed by atoms with Crippen molar-refractivity contribution in [2.45, 2.75) is 12.5 Å². The van der Waals surface area contributed by atoms with Crippen LogP contribution in [0.4, 0.5) is 4.39 Å². The highest BCUT2D eigenvalue weighted by Gasteiger charge is 2.32. The third-order valence-corrected chi connectivity index (χ3v) is 6.45. The normalized spacial score (nSPS) is 16.6. The number of hydrogen-bond acceptors (Lipinski definition) is 4. The number of thiophene rings is 1. The highest BCUT2D eigenvalue weighted by atomic mass is 32.1. The lowest BCUT2D eigenvalue weighted by Gasteiger charge is -2.33. The number of hydrogen-bond donors (Lipinski definition) is 0. The van der Waals surface area contributed by atoms with E-state index in [1.165, 1.54) is 17.4 Å². The summed E-state index contributed by atoms with van der Waals surface area (Å²) in [5.41, 5.74) is 1.22. The number of amides is 2. The van der Waals surface area contributed by atoms with Crippen LogP contribution < -0.4 is 0 Å². The molecule has 0 bridgehead atoms. The van der Waals surface area contributed by atoms with Crippen LogP contribution in [0.25, 0.3) is 10.1 Å². The second-order valence-electron chi connectivity index (χ2n) is 7.51. The zero-order chi connectivity index (χ0) is 21.3. The van der Waals surface area contributed by atoms with Crippen molar-refractivity contribution in [2.75, 3.05) is 33.8 Å². The molecule has 1 atom stereocenters. The minimum Gasteiger partial charge on any atom is -0.370 e. The first-order chi connectivity index (χ1) is 14.5. The van der Waals surface area contributed by atoms with E-state index < -0.39 is 6.10 Å². The second kappa shape index (κ2) is 8.53. The standard InChI is InChI=1S/C23H23FN2O3S/c1-25(2)23(28)22-21(16-8-4-6-10-19(16)30-22)18-14-26(11-12-29-18)20(27)13-15-7-3-5-9-17(15)24/h3-10,18H,11-14H2,1-2H3. The highest BCUT2D eigenvalue weighted by molar-refractivity contribution is 7.21. The van der Waals surface area contributed by atoms with Crippen LogP contribution in [0, 0.1) is 5.82 Å². The molecule has 4 rings (SSSR count). The quantitative estimate of drug-likeness (QED) is 0.636. The average Bonchev–Trinajstić information content (AvgIpc) is 3.14. The smallest absolute Gasteiger partial charge is 0.263 e. The van der Waals surface area contributed by atoms with Crippen LogP contribution in [-0.4, -0.2) is 55.4 Å². The summed E-state index contributed by atoms with van der Waals surface area (Å²) >= 11 is 1.44. The minimum atomic E-state index is -0.404. The van der Waals surface area contributed by atoms with Gasteiger partial charge in [0.25, 0.3) is 5.91 Å². The van der Waals surface area contributed by atoms with E-state index in [2.05, 4.69) is 0 Å². The number of halogens is 1. The summed E-state index contributed by atoms with van der Waals surface area (Å²) in [6.07, 6.45) is -0.397. The molecule has 0 aliphatic carbocycles. The van der Waals surface area contributed by atoms with Crippen LogP contribution in [0.15, 0.2) is 48.5 Å². The number of carbonyl (C=O) groups is 2. The molecular weight excluding hydrogens is 403 g/mol. The van der Waals surface area contributed by atoms with E-state index in [9.17, 15) is 14.0 Å². The van der Waals surface area contributed by atoms with Crippen molar-refractivity contribution in [1.82, 2.24) is 9.80 Å². The molecule has 1 aromatic heterocycles. The molecule has 1 aliphatic rings. The Morgan fingerprint density at radius 3 is 2.67 bits per heavy atom. The Bertz CT molecular complexity index is 1090. The van der Waals surface area contributed by atoms with Gasteiger partial charge in [0.2, 0.25) is 5.91 Å². The van der Waals surface area contributed by atoms with Gasteiger partial charge in [0.05, 0.1) is 24.4 Å². The van der Waals surface area contributed by atoms with Crippen molar-refractivity contribution in [3.05, 3.63) is 70.4 Å². The van der Waals surface area contributed by atoms with Crippen LogP contribution in [0.5, 0.6) is 0 Å². The fourth-order valence-electron chi connectivity index (χ4n) is 3.71. The van der Waals surface area contributed by atoms with E-state index in [1.807, 2.05) is 24.3 Å². The fraction of sp³-hybridized carbons (Fsp3) is 0.304. The molecule has 2 aromatic carbocycles. The fourth-order valence-corrected chi connectivity index (χ4v) is 4.99. The Labute approximate surface area is 178 Å². The average molecular weight is 427 g/mol. The molecule has 30 heavy (non-hydrogen) atoms. The van der Waals surface area contributed by atoms with Crippen LogP contribution >= 0.6 is 11.3 Å². The van der Waals surface area contributed by atoms with E-state index >= 15 is 0 Å². The molecule has 1 fully saturated rings. The first-order valence-corrected chi connectivity index (χ1v) is 10.6. The Hall–Kier alpha value is -2.77. The van der Waals surface area contributed by atoms with Crippen molar-refractivity contribution in [2.24, 2.45) is 0 Å². The summed E-state index contributed by atoms with van der Waals surface area (Å²) in [6, 6.07) is 14.2. The van der Waals surface area contributed by atoms with Gasteiger partial charge in [-0.1, -0.05) is 36.4 Å². The summed E-state index contributed by atoms with van der Waals surface area (Å²) in [6.45, 7) is 1.15. The summed E-state index contributed by atoms with van der Waals surface area (Å²) < 4.78 is 21.0. The minimum absolute atomic E-state index is 0.00721. The number of carbonyl (C=O) groups excluding carboxylic acids is 2. The van der Waals surface area contributed by atoms with Gasteiger partial charge in [0.15, 0.2) is 0 Å². The lowest BCUT2D eigenvalue weighted by Crippen LogP contribution is -2.43. The third-order valence-electron chi connectivity index (χ3n) is 5.27. The Kier molecular flexibility index (Phi) is 5.83. The predicted octanol–water partition coefficient (Wildman–Crippen LogP) is 3.88. The molecule has 3 aromatic rings. The van der Waals surface area contributed by atoms with Crippen molar-refractivity contribution in [3.8, 4) is 0 Å². The van der Waals surface area contributed by atoms with Gasteiger partial charge in [0.1, 0.15) is 11.9 Å². The lowest BCUT2D eigenvalue weighted by atomic mass is 10.0. The number of rotatable bonds is 4. The van der Waals surface area contributed by atoms with Gasteiger partial charge >= 0.3 is 0 Å². The Balaban J connectivity index is 1.62. The maximum Gasteiger partial charge on any atom is 0.263 e. The molecule has 1 saturated heterocycles. The second-order valence-corrected chi connectivity index (χ2v) is 8.56. The monoisotopic (exact) mass is 426 g/mol. The SMILES string of the molecule is CN(C)C(=O)c1sc2ccccc2c1C1CN(C(=O)Cc2ccccc2F)CCO1. The van der Waals surface area contributed by atoms with Gasteiger partial charge < -0.3 is 14.5 Å². The molecule has 0 spiro atoms. The highest BCUT2D eigenvalue weighted by Crippen LogP contribution is 2.38. The zero-order valence-electron chi connectivity index (χ0n) is 16.9. The summed E-state index contributed by atoms with van der Waals surface area (Å²) in [5, 5.41) is 0.973. The molecule has 0 radical (unpaired) electrons. The van der Waals surface area contributed by atoms with Gasteiger partial charge in [-0.3, -0.25) is 9.59 Å². The van der Waals surface area contributed by atoms with Crippen molar-refractivity contribution in [1.29, 1.82) is 0 Å². The molecule has 5 nitrogen and oxygen atoms in total. The lowest BCUT2D eigenvalue weighted by molar-refractivity contribution is -0.138. The molecule has 7 heteroatoms. The number of fused-ring (bicyclic) bond motifs is 1. The molecule has 2 heterocycles. The van der Waals surface area contributed by atoms with E-state index in [4.69, 9.17) is 4.74 Å². The third kappa shape index (κ3) is 3.95. The molecular formula is C23H23FN2O3S. The van der Waals surface area contributed by atoms with Gasteiger partial charge in [-0.15, -0.1) is 11.3 Å². The van der Waals surface area contributed by atoms with Crippen LogP contribution in [0.2, 0.25) is 0 Å². The van der Waals surface area contributed by atoms with Crippen LogP contribution in [0.3, 0.4) is 0 Å². The largest absolute Gasteiger partial charge is 0.370 e. The summed E-state index contributed by atoms with van der Waals surface area (Å²) in [7, 11) is 3.45. The number of nitrogens with zero attached hydrogens (tertiary/aromatic N) is 2. The van der Waals surface area contributed by atoms with E-state index in [0.29, 0.717) is 30.1 Å². The number of morpholine rings is 1. The predicted molar refractivity (Wildman–Crippen MR) is 115 cm³/mol. The van der Waals surface area contributed by atoms with E-state index in [1.54, 1.807) is 42.1 Å². The Morgan fingerprint density at radius 1 is 1.17 bits per heavy atom. The molecule has 1 aliphatic heterocycles. The number of ether oxygens (including phenoxy) is 1. The first-order valence-electron chi connectivity index (χ1n) is 9.81. The topological polar surface area (TPSA) is 49.9 Å². The van der Waals surface area contributed by atoms with Gasteiger partial charge in [-0.05, 0) is 23.1 Å². The van der Waals surface area contributed by atoms with Gasteiger partial charge in [0, 0.05) is 30.9 Å².